The average molecular weight is 422 g/mol. The van der Waals surface area contributed by atoms with Crippen LogP contribution in [0.4, 0.5) is 0 Å². The van der Waals surface area contributed by atoms with Gasteiger partial charge in [-0.15, -0.1) is 0 Å². The molecule has 29 heavy (non-hydrogen) atoms. The van der Waals surface area contributed by atoms with Crippen LogP contribution in [0.15, 0.2) is 29.3 Å². The van der Waals surface area contributed by atoms with Gasteiger partial charge in [-0.25, -0.2) is 0 Å². The van der Waals surface area contributed by atoms with Crippen molar-refractivity contribution in [1.29, 1.82) is 0 Å². The molecule has 2 fully saturated rings. The van der Waals surface area contributed by atoms with Gasteiger partial charge < -0.3 is 19.9 Å². The monoisotopic (exact) mass is 421 g/mol. The number of hydrogen-bond donors (Lipinski definition) is 1. The smallest absolute Gasteiger partial charge is 0.239 e. The van der Waals surface area contributed by atoms with Crippen molar-refractivity contribution < 1.29 is 9.53 Å². The van der Waals surface area contributed by atoms with Crippen LogP contribution in [0.2, 0.25) is 5.02 Å². The second-order valence-electron chi connectivity index (χ2n) is 7.51. The Morgan fingerprint density at radius 2 is 1.90 bits per heavy atom. The minimum Gasteiger partial charge on any atom is -0.492 e. The number of aliphatic imine (C=N–C) groups is 1. The minimum absolute atomic E-state index is 0.0451. The Kier molecular flexibility index (Phi) is 8.00. The Morgan fingerprint density at radius 1 is 1.17 bits per heavy atom. The maximum atomic E-state index is 12.6. The summed E-state index contributed by atoms with van der Waals surface area (Å²) in [7, 11) is 1.80. The SMILES string of the molecule is CN=C(NCCOc1cccc(Cl)c1)N1CCN(C(C)C(=O)N2CCCC2)CC1. The summed E-state index contributed by atoms with van der Waals surface area (Å²) in [4.78, 5) is 23.6. The molecule has 0 spiro atoms. The van der Waals surface area contributed by atoms with Gasteiger partial charge in [-0.2, -0.15) is 0 Å². The summed E-state index contributed by atoms with van der Waals surface area (Å²) in [6.45, 7) is 8.48. The molecule has 1 unspecified atom stereocenters. The highest BCUT2D eigenvalue weighted by molar-refractivity contribution is 6.30. The number of nitrogens with one attached hydrogen (secondary N) is 1. The molecule has 0 aliphatic carbocycles. The standard InChI is InChI=1S/C21H32ClN5O2/c1-17(20(28)26-9-3-4-10-26)25-11-13-27(14-12-25)21(23-2)24-8-15-29-19-7-5-6-18(22)16-19/h5-7,16-17H,3-4,8-15H2,1-2H3,(H,23,24). The van der Waals surface area contributed by atoms with Crippen LogP contribution < -0.4 is 10.1 Å². The van der Waals surface area contributed by atoms with Gasteiger partial charge >= 0.3 is 0 Å². The van der Waals surface area contributed by atoms with Gasteiger partial charge in [0, 0.05) is 51.3 Å². The minimum atomic E-state index is -0.0451. The van der Waals surface area contributed by atoms with Crippen molar-refractivity contribution in [1.82, 2.24) is 20.0 Å². The number of carbonyl (C=O) groups is 1. The van der Waals surface area contributed by atoms with Gasteiger partial charge in [0.15, 0.2) is 5.96 Å². The van der Waals surface area contributed by atoms with E-state index in [1.807, 2.05) is 30.0 Å². The van der Waals surface area contributed by atoms with E-state index in [2.05, 4.69) is 20.1 Å². The van der Waals surface area contributed by atoms with Crippen molar-refractivity contribution in [3.8, 4) is 5.75 Å². The summed E-state index contributed by atoms with van der Waals surface area (Å²) < 4.78 is 5.72. The molecule has 0 aromatic heterocycles. The van der Waals surface area contributed by atoms with Crippen LogP contribution in [-0.2, 0) is 4.79 Å². The van der Waals surface area contributed by atoms with E-state index in [-0.39, 0.29) is 11.9 Å². The molecular weight excluding hydrogens is 390 g/mol. The second kappa shape index (κ2) is 10.7. The first-order valence-electron chi connectivity index (χ1n) is 10.5. The van der Waals surface area contributed by atoms with Crippen LogP contribution in [-0.4, -0.2) is 92.1 Å². The van der Waals surface area contributed by atoms with Crippen molar-refractivity contribution >= 4 is 23.5 Å². The number of ether oxygens (including phenoxy) is 1. The number of benzene rings is 1. The topological polar surface area (TPSA) is 60.4 Å². The van der Waals surface area contributed by atoms with Crippen molar-refractivity contribution in [2.75, 3.05) is 59.5 Å². The Balaban J connectivity index is 1.39. The number of likely N-dealkylation sites (tertiary alicyclic amines) is 1. The molecule has 2 saturated heterocycles. The first kappa shape index (κ1) is 21.7. The van der Waals surface area contributed by atoms with E-state index in [1.165, 1.54) is 0 Å². The van der Waals surface area contributed by atoms with E-state index < -0.39 is 0 Å². The van der Waals surface area contributed by atoms with Crippen LogP contribution in [0.5, 0.6) is 5.75 Å². The molecule has 7 nitrogen and oxygen atoms in total. The van der Waals surface area contributed by atoms with Crippen LogP contribution in [0.1, 0.15) is 19.8 Å². The van der Waals surface area contributed by atoms with Gasteiger partial charge in [-0.3, -0.25) is 14.7 Å². The second-order valence-corrected chi connectivity index (χ2v) is 7.95. The average Bonchev–Trinajstić information content (AvgIpc) is 3.28. The molecule has 0 bridgehead atoms. The molecule has 0 saturated carbocycles. The number of guanidine groups is 1. The summed E-state index contributed by atoms with van der Waals surface area (Å²) in [5.41, 5.74) is 0. The van der Waals surface area contributed by atoms with Gasteiger partial charge in [-0.05, 0) is 38.0 Å². The lowest BCUT2D eigenvalue weighted by Gasteiger charge is -2.39. The molecular formula is C21H32ClN5O2. The predicted octanol–water partition coefficient (Wildman–Crippen LogP) is 1.92. The molecule has 8 heteroatoms. The molecule has 2 aliphatic heterocycles. The third-order valence-corrected chi connectivity index (χ3v) is 5.83. The zero-order chi connectivity index (χ0) is 20.6. The number of carbonyl (C=O) groups excluding carboxylic acids is 1. The van der Waals surface area contributed by atoms with Crippen LogP contribution in [0.25, 0.3) is 0 Å². The zero-order valence-electron chi connectivity index (χ0n) is 17.4. The zero-order valence-corrected chi connectivity index (χ0v) is 18.2. The summed E-state index contributed by atoms with van der Waals surface area (Å²) in [5.74, 6) is 1.91. The lowest BCUT2D eigenvalue weighted by Crippen LogP contribution is -2.57. The van der Waals surface area contributed by atoms with E-state index >= 15 is 0 Å². The van der Waals surface area contributed by atoms with Gasteiger partial charge in [0.05, 0.1) is 12.6 Å². The summed E-state index contributed by atoms with van der Waals surface area (Å²) in [6.07, 6.45) is 2.27. The third kappa shape index (κ3) is 6.00. The molecule has 0 radical (unpaired) electrons. The molecule has 1 aromatic rings. The van der Waals surface area contributed by atoms with Crippen LogP contribution in [0, 0.1) is 0 Å². The van der Waals surface area contributed by atoms with E-state index in [1.54, 1.807) is 13.1 Å². The lowest BCUT2D eigenvalue weighted by atomic mass is 10.2. The molecule has 1 atom stereocenters. The lowest BCUT2D eigenvalue weighted by molar-refractivity contribution is -0.135. The highest BCUT2D eigenvalue weighted by Crippen LogP contribution is 2.17. The number of halogens is 1. The van der Waals surface area contributed by atoms with E-state index in [0.717, 1.165) is 63.8 Å². The highest BCUT2D eigenvalue weighted by atomic mass is 35.5. The van der Waals surface area contributed by atoms with Crippen molar-refractivity contribution in [3.63, 3.8) is 0 Å². The number of nitrogens with zero attached hydrogens (tertiary/aromatic N) is 4. The number of amides is 1. The fourth-order valence-electron chi connectivity index (χ4n) is 3.90. The molecule has 1 aromatic carbocycles. The normalized spacial score (nSPS) is 19.3. The van der Waals surface area contributed by atoms with Crippen LogP contribution in [0.3, 0.4) is 0 Å². The van der Waals surface area contributed by atoms with Crippen molar-refractivity contribution in [3.05, 3.63) is 29.3 Å². The number of rotatable bonds is 6. The fraction of sp³-hybridized carbons (Fsp3) is 0.619. The predicted molar refractivity (Wildman–Crippen MR) is 117 cm³/mol. The third-order valence-electron chi connectivity index (χ3n) is 5.60. The summed E-state index contributed by atoms with van der Waals surface area (Å²) >= 11 is 5.97. The Labute approximate surface area is 178 Å². The van der Waals surface area contributed by atoms with Gasteiger partial charge in [0.1, 0.15) is 12.4 Å². The fourth-order valence-corrected chi connectivity index (χ4v) is 4.08. The quantitative estimate of drug-likeness (QED) is 0.432. The Morgan fingerprint density at radius 3 is 2.55 bits per heavy atom. The van der Waals surface area contributed by atoms with Crippen molar-refractivity contribution in [2.24, 2.45) is 4.99 Å². The molecule has 2 aliphatic rings. The van der Waals surface area contributed by atoms with Gasteiger partial charge in [-0.1, -0.05) is 17.7 Å². The summed E-state index contributed by atoms with van der Waals surface area (Å²) in [5, 5.41) is 4.03. The maximum Gasteiger partial charge on any atom is 0.239 e. The van der Waals surface area contributed by atoms with Gasteiger partial charge in [0.2, 0.25) is 5.91 Å². The molecule has 1 N–H and O–H groups in total. The maximum absolute atomic E-state index is 12.6. The van der Waals surface area contributed by atoms with Crippen LogP contribution >= 0.6 is 11.6 Å². The van der Waals surface area contributed by atoms with Crippen molar-refractivity contribution in [2.45, 2.75) is 25.8 Å². The summed E-state index contributed by atoms with van der Waals surface area (Å²) in [6, 6.07) is 7.36. The first-order chi connectivity index (χ1) is 14.1. The Bertz CT molecular complexity index is 700. The first-order valence-corrected chi connectivity index (χ1v) is 10.8. The molecule has 3 rings (SSSR count). The molecule has 1 amide bonds. The van der Waals surface area contributed by atoms with E-state index in [9.17, 15) is 4.79 Å². The number of hydrogen-bond acceptors (Lipinski definition) is 4. The Hall–Kier alpha value is -1.99. The van der Waals surface area contributed by atoms with Gasteiger partial charge in [0.25, 0.3) is 0 Å². The largest absolute Gasteiger partial charge is 0.492 e. The van der Waals surface area contributed by atoms with E-state index in [0.29, 0.717) is 18.2 Å². The highest BCUT2D eigenvalue weighted by Gasteiger charge is 2.30. The molecule has 160 valence electrons. The molecule has 2 heterocycles. The van der Waals surface area contributed by atoms with E-state index in [4.69, 9.17) is 16.3 Å². The number of piperazine rings is 1.